The molecule has 0 atom stereocenters. The zero-order valence-electron chi connectivity index (χ0n) is 25.0. The SMILES string of the molecule is C=O.CC(C)C=O.CC(C)C=O.CC1=CC(=O)CC(C)(C)C1.N.N.OCCNCCO.OCCNCCO. The van der Waals surface area contributed by atoms with Crippen LogP contribution in [0.4, 0.5) is 0 Å². The summed E-state index contributed by atoms with van der Waals surface area (Å²) in [5.41, 5.74) is 1.43. The van der Waals surface area contributed by atoms with Gasteiger partial charge in [-0.05, 0) is 24.8 Å². The summed E-state index contributed by atoms with van der Waals surface area (Å²) >= 11 is 0. The predicted molar refractivity (Wildman–Crippen MR) is 155 cm³/mol. The highest BCUT2D eigenvalue weighted by Gasteiger charge is 2.25. The third-order valence-corrected chi connectivity index (χ3v) is 3.52. The molecule has 0 saturated carbocycles. The lowest BCUT2D eigenvalue weighted by atomic mass is 9.77. The molecule has 0 aromatic rings. The Bertz CT molecular complexity index is 487. The summed E-state index contributed by atoms with van der Waals surface area (Å²) in [6.07, 6.45) is 5.38. The molecule has 0 heterocycles. The van der Waals surface area contributed by atoms with E-state index in [1.807, 2.05) is 41.4 Å². The fourth-order valence-electron chi connectivity index (χ4n) is 2.23. The number of carbonyl (C=O) groups excluding carboxylic acids is 4. The molecule has 1 rings (SSSR count). The molecule has 12 nitrogen and oxygen atoms in total. The minimum atomic E-state index is 0. The molecule has 0 aliphatic heterocycles. The summed E-state index contributed by atoms with van der Waals surface area (Å²) in [6, 6.07) is 0. The molecular weight excluding hydrogens is 496 g/mol. The Morgan fingerprint density at radius 1 is 0.789 bits per heavy atom. The highest BCUT2D eigenvalue weighted by Crippen LogP contribution is 2.32. The number of allylic oxidation sites excluding steroid dienone is 2. The van der Waals surface area contributed by atoms with Gasteiger partial charge in [0.1, 0.15) is 19.4 Å². The first kappa shape index (κ1) is 52.5. The summed E-state index contributed by atoms with van der Waals surface area (Å²) in [5, 5.41) is 38.2. The molecule has 0 unspecified atom stereocenters. The van der Waals surface area contributed by atoms with Crippen molar-refractivity contribution in [2.75, 3.05) is 52.6 Å². The van der Waals surface area contributed by atoms with E-state index in [0.717, 1.165) is 19.0 Å². The zero-order valence-corrected chi connectivity index (χ0v) is 25.0. The number of ketones is 1. The molecule has 0 spiro atoms. The number of nitrogens with one attached hydrogen (secondary N) is 2. The molecule has 12 N–H and O–H groups in total. The van der Waals surface area contributed by atoms with Gasteiger partial charge in [0.2, 0.25) is 0 Å². The number of aliphatic hydroxyl groups excluding tert-OH is 4. The van der Waals surface area contributed by atoms with E-state index in [1.165, 1.54) is 5.57 Å². The Labute approximate surface area is 230 Å². The lowest BCUT2D eigenvalue weighted by molar-refractivity contribution is -0.117. The van der Waals surface area contributed by atoms with Crippen molar-refractivity contribution in [3.8, 4) is 0 Å². The van der Waals surface area contributed by atoms with E-state index in [4.69, 9.17) is 25.2 Å². The average molecular weight is 557 g/mol. The second kappa shape index (κ2) is 42.2. The molecule has 0 radical (unpaired) electrons. The van der Waals surface area contributed by atoms with Gasteiger partial charge in [0.05, 0.1) is 26.4 Å². The molecule has 0 aromatic heterocycles. The van der Waals surface area contributed by atoms with Gasteiger partial charge in [-0.2, -0.15) is 0 Å². The standard InChI is InChI=1S/C9H14O.2C4H11NO2.2C4H8O.CH2O.2H3N/c1-7-4-8(10)6-9(2,3)5-7;2*6-3-1-5-2-4-7;2*1-4(2)3-5;1-2;;/h4H,5-6H2,1-3H3;2*5-7H,1-4H2;2*3-4H,1-2H3;1H2;2*1H3. The molecule has 0 aromatic carbocycles. The van der Waals surface area contributed by atoms with Gasteiger partial charge in [0.25, 0.3) is 0 Å². The first-order chi connectivity index (χ1) is 16.9. The van der Waals surface area contributed by atoms with Gasteiger partial charge >= 0.3 is 0 Å². The Hall–Kier alpha value is -1.90. The number of hydrogen-bond donors (Lipinski definition) is 8. The second-order valence-electron chi connectivity index (χ2n) is 9.13. The summed E-state index contributed by atoms with van der Waals surface area (Å²) in [6.45, 7) is 18.6. The maximum Gasteiger partial charge on any atom is 0.156 e. The Morgan fingerprint density at radius 2 is 1.05 bits per heavy atom. The number of hydrogen-bond acceptors (Lipinski definition) is 12. The van der Waals surface area contributed by atoms with Crippen LogP contribution in [0.25, 0.3) is 0 Å². The summed E-state index contributed by atoms with van der Waals surface area (Å²) in [4.78, 5) is 38.0. The summed E-state index contributed by atoms with van der Waals surface area (Å²) in [5.74, 6) is 0.693. The predicted octanol–water partition coefficient (Wildman–Crippen LogP) is 1.26. The van der Waals surface area contributed by atoms with Crippen molar-refractivity contribution in [3.63, 3.8) is 0 Å². The number of aldehydes is 2. The quantitative estimate of drug-likeness (QED) is 0.140. The van der Waals surface area contributed by atoms with Crippen LogP contribution in [0, 0.1) is 17.3 Å². The topological polar surface area (TPSA) is 243 Å². The van der Waals surface area contributed by atoms with Gasteiger partial charge in [-0.25, -0.2) is 0 Å². The van der Waals surface area contributed by atoms with Crippen LogP contribution in [-0.2, 0) is 19.2 Å². The van der Waals surface area contributed by atoms with Crippen LogP contribution in [0.3, 0.4) is 0 Å². The van der Waals surface area contributed by atoms with Crippen LogP contribution >= 0.6 is 0 Å². The van der Waals surface area contributed by atoms with Crippen LogP contribution < -0.4 is 22.9 Å². The molecule has 0 fully saturated rings. The molecule has 1 aliphatic carbocycles. The first-order valence-corrected chi connectivity index (χ1v) is 12.1. The van der Waals surface area contributed by atoms with E-state index in [9.17, 15) is 14.4 Å². The van der Waals surface area contributed by atoms with Gasteiger partial charge in [-0.15, -0.1) is 0 Å². The van der Waals surface area contributed by atoms with Crippen molar-refractivity contribution in [1.29, 1.82) is 0 Å². The van der Waals surface area contributed by atoms with Gasteiger partial charge < -0.3 is 57.7 Å². The third kappa shape index (κ3) is 64.3. The van der Waals surface area contributed by atoms with Crippen LogP contribution in [0.5, 0.6) is 0 Å². The second-order valence-corrected chi connectivity index (χ2v) is 9.13. The monoisotopic (exact) mass is 556 g/mol. The smallest absolute Gasteiger partial charge is 0.156 e. The van der Waals surface area contributed by atoms with Gasteiger partial charge in [0, 0.05) is 44.4 Å². The molecule has 0 saturated heterocycles. The van der Waals surface area contributed by atoms with Crippen molar-refractivity contribution in [1.82, 2.24) is 22.9 Å². The molecule has 0 amide bonds. The van der Waals surface area contributed by atoms with Crippen LogP contribution in [0.2, 0.25) is 0 Å². The zero-order chi connectivity index (χ0) is 29.4. The summed E-state index contributed by atoms with van der Waals surface area (Å²) in [7, 11) is 0. The lowest BCUT2D eigenvalue weighted by Crippen LogP contribution is -2.21. The van der Waals surface area contributed by atoms with Crippen molar-refractivity contribution >= 4 is 25.1 Å². The molecule has 38 heavy (non-hydrogen) atoms. The maximum absolute atomic E-state index is 11.0. The Kier molecular flexibility index (Phi) is 58.3. The number of aliphatic hydroxyl groups is 4. The van der Waals surface area contributed by atoms with Crippen molar-refractivity contribution in [2.24, 2.45) is 17.3 Å². The highest BCUT2D eigenvalue weighted by atomic mass is 16.3. The fraction of sp³-hybridized carbons (Fsp3) is 0.769. The minimum absolute atomic E-state index is 0. The Balaban J connectivity index is -0.0000000629. The molecular formula is C26H60N4O8. The maximum atomic E-state index is 11.0. The van der Waals surface area contributed by atoms with E-state index >= 15 is 0 Å². The summed E-state index contributed by atoms with van der Waals surface area (Å²) < 4.78 is 0. The number of carbonyl (C=O) groups is 4. The highest BCUT2D eigenvalue weighted by molar-refractivity contribution is 5.91. The Morgan fingerprint density at radius 3 is 1.21 bits per heavy atom. The number of rotatable bonds is 10. The third-order valence-electron chi connectivity index (χ3n) is 3.52. The van der Waals surface area contributed by atoms with Crippen LogP contribution in [0.15, 0.2) is 11.6 Å². The largest absolute Gasteiger partial charge is 0.395 e. The molecule has 232 valence electrons. The minimum Gasteiger partial charge on any atom is -0.395 e. The van der Waals surface area contributed by atoms with Crippen LogP contribution in [-0.4, -0.2) is 98.2 Å². The van der Waals surface area contributed by atoms with E-state index in [-0.39, 0.29) is 61.8 Å². The van der Waals surface area contributed by atoms with Gasteiger partial charge in [0.15, 0.2) is 5.78 Å². The van der Waals surface area contributed by atoms with E-state index < -0.39 is 0 Å². The van der Waals surface area contributed by atoms with E-state index in [2.05, 4.69) is 24.5 Å². The van der Waals surface area contributed by atoms with Gasteiger partial charge in [-0.3, -0.25) is 4.79 Å². The van der Waals surface area contributed by atoms with Crippen LogP contribution in [0.1, 0.15) is 61.3 Å². The van der Waals surface area contributed by atoms with Crippen molar-refractivity contribution in [2.45, 2.75) is 61.3 Å². The van der Waals surface area contributed by atoms with Crippen molar-refractivity contribution in [3.05, 3.63) is 11.6 Å². The lowest BCUT2D eigenvalue weighted by Gasteiger charge is -2.27. The molecule has 1 aliphatic rings. The average Bonchev–Trinajstić information content (AvgIpc) is 2.81. The first-order valence-electron chi connectivity index (χ1n) is 12.1. The van der Waals surface area contributed by atoms with Gasteiger partial charge in [-0.1, -0.05) is 47.1 Å². The van der Waals surface area contributed by atoms with E-state index in [1.54, 1.807) is 6.08 Å². The molecule has 0 bridgehead atoms. The normalized spacial score (nSPS) is 12.2. The van der Waals surface area contributed by atoms with Crippen molar-refractivity contribution < 1.29 is 39.6 Å². The fourth-order valence-corrected chi connectivity index (χ4v) is 2.23. The van der Waals surface area contributed by atoms with E-state index in [0.29, 0.717) is 32.6 Å². The molecule has 12 heteroatoms.